The molecule has 0 aliphatic rings. The Bertz CT molecular complexity index is 99.1. The third-order valence-corrected chi connectivity index (χ3v) is 5.98. The predicted molar refractivity (Wildman–Crippen MR) is 60.2 cm³/mol. The monoisotopic (exact) mass is 204 g/mol. The first-order chi connectivity index (χ1) is 6.20. The Morgan fingerprint density at radius 2 is 1.46 bits per heavy atom. The molecule has 0 fully saturated rings. The van der Waals surface area contributed by atoms with Gasteiger partial charge in [0.05, 0.1) is 0 Å². The minimum Gasteiger partial charge on any atom is -0.385 e. The molecule has 0 radical (unpaired) electrons. The van der Waals surface area contributed by atoms with Crippen molar-refractivity contribution in [3.63, 3.8) is 0 Å². The van der Waals surface area contributed by atoms with Crippen molar-refractivity contribution in [2.75, 3.05) is 27.4 Å². The minimum absolute atomic E-state index is 0.577. The molecule has 0 amide bonds. The lowest BCUT2D eigenvalue weighted by Gasteiger charge is -2.16. The van der Waals surface area contributed by atoms with Crippen LogP contribution in [0, 0.1) is 5.92 Å². The largest absolute Gasteiger partial charge is 0.385 e. The van der Waals surface area contributed by atoms with E-state index in [1.807, 2.05) is 0 Å². The first-order valence-corrected chi connectivity index (χ1v) is 7.63. The number of hydrogen-bond donors (Lipinski definition) is 0. The van der Waals surface area contributed by atoms with Crippen LogP contribution in [0.5, 0.6) is 0 Å². The molecule has 0 aromatic carbocycles. The fourth-order valence-electron chi connectivity index (χ4n) is 1.62. The molecule has 0 saturated carbocycles. The highest BCUT2D eigenvalue weighted by Gasteiger charge is 2.11. The van der Waals surface area contributed by atoms with E-state index in [4.69, 9.17) is 9.47 Å². The maximum absolute atomic E-state index is 5.13. The molecular weight excluding hydrogens is 180 g/mol. The van der Waals surface area contributed by atoms with Crippen LogP contribution in [0.3, 0.4) is 0 Å². The molecule has 0 N–H and O–H groups in total. The van der Waals surface area contributed by atoms with Gasteiger partial charge < -0.3 is 9.47 Å². The third kappa shape index (κ3) is 8.47. The summed E-state index contributed by atoms with van der Waals surface area (Å²) in [6.07, 6.45) is 0. The van der Waals surface area contributed by atoms with Crippen LogP contribution in [0.1, 0.15) is 13.8 Å². The minimum atomic E-state index is -0.577. The molecule has 0 aliphatic carbocycles. The molecule has 0 saturated heterocycles. The summed E-state index contributed by atoms with van der Waals surface area (Å²) in [5.41, 5.74) is 0. The summed E-state index contributed by atoms with van der Waals surface area (Å²) in [7, 11) is 3.00. The van der Waals surface area contributed by atoms with Gasteiger partial charge in [0, 0.05) is 36.2 Å². The van der Waals surface area contributed by atoms with Gasteiger partial charge in [-0.3, -0.25) is 0 Å². The van der Waals surface area contributed by atoms with E-state index < -0.39 is 8.80 Å². The van der Waals surface area contributed by atoms with E-state index in [2.05, 4.69) is 13.8 Å². The number of methoxy groups -OCH3 is 2. The molecule has 0 unspecified atom stereocenters. The quantitative estimate of drug-likeness (QED) is 0.564. The molecule has 13 heavy (non-hydrogen) atoms. The van der Waals surface area contributed by atoms with E-state index in [0.29, 0.717) is 0 Å². The van der Waals surface area contributed by atoms with Crippen molar-refractivity contribution in [3.8, 4) is 0 Å². The van der Waals surface area contributed by atoms with Gasteiger partial charge in [-0.15, -0.1) is 0 Å². The number of ether oxygens (including phenoxy) is 2. The lowest BCUT2D eigenvalue weighted by Crippen LogP contribution is -2.19. The van der Waals surface area contributed by atoms with E-state index in [1.165, 1.54) is 18.1 Å². The zero-order valence-electron chi connectivity index (χ0n) is 9.51. The normalized spacial score (nSPS) is 11.5. The van der Waals surface area contributed by atoms with Gasteiger partial charge in [0.2, 0.25) is 0 Å². The van der Waals surface area contributed by atoms with Crippen molar-refractivity contribution < 1.29 is 9.47 Å². The lowest BCUT2D eigenvalue weighted by molar-refractivity contribution is 0.208. The molecule has 0 spiro atoms. The SMILES string of the molecule is COCC[SiH](CCOC)CC(C)C. The molecule has 0 heterocycles. The lowest BCUT2D eigenvalue weighted by atomic mass is 10.3. The van der Waals surface area contributed by atoms with Gasteiger partial charge in [0.25, 0.3) is 0 Å². The second kappa shape index (κ2) is 8.72. The van der Waals surface area contributed by atoms with Gasteiger partial charge in [0.1, 0.15) is 0 Å². The summed E-state index contributed by atoms with van der Waals surface area (Å²) >= 11 is 0. The topological polar surface area (TPSA) is 18.5 Å². The smallest absolute Gasteiger partial charge is 0.0436 e. The second-order valence-corrected chi connectivity index (χ2v) is 7.42. The van der Waals surface area contributed by atoms with Gasteiger partial charge in [-0.1, -0.05) is 19.9 Å². The summed E-state index contributed by atoms with van der Waals surface area (Å²) in [4.78, 5) is 0. The Kier molecular flexibility index (Phi) is 8.81. The first kappa shape index (κ1) is 13.1. The average molecular weight is 204 g/mol. The Hall–Kier alpha value is 0.137. The molecule has 0 rings (SSSR count). The van der Waals surface area contributed by atoms with E-state index in [-0.39, 0.29) is 0 Å². The summed E-state index contributed by atoms with van der Waals surface area (Å²) in [6.45, 7) is 6.49. The molecule has 2 nitrogen and oxygen atoms in total. The van der Waals surface area contributed by atoms with Gasteiger partial charge >= 0.3 is 0 Å². The summed E-state index contributed by atoms with van der Waals surface area (Å²) in [6, 6.07) is 4.03. The predicted octanol–water partition coefficient (Wildman–Crippen LogP) is 2.16. The van der Waals surface area contributed by atoms with Crippen LogP contribution in [0.25, 0.3) is 0 Å². The van der Waals surface area contributed by atoms with E-state index >= 15 is 0 Å². The van der Waals surface area contributed by atoms with Crippen molar-refractivity contribution in [3.05, 3.63) is 0 Å². The summed E-state index contributed by atoms with van der Waals surface area (Å²) < 4.78 is 10.3. The molecular formula is C10H24O2Si. The van der Waals surface area contributed by atoms with Crippen LogP contribution in [-0.4, -0.2) is 36.2 Å². The highest BCUT2D eigenvalue weighted by Crippen LogP contribution is 2.13. The van der Waals surface area contributed by atoms with Crippen molar-refractivity contribution in [2.45, 2.75) is 32.0 Å². The highest BCUT2D eigenvalue weighted by atomic mass is 28.3. The number of hydrogen-bond acceptors (Lipinski definition) is 2. The van der Waals surface area contributed by atoms with Crippen LogP contribution in [0.15, 0.2) is 0 Å². The molecule has 0 aliphatic heterocycles. The van der Waals surface area contributed by atoms with E-state index in [1.54, 1.807) is 14.2 Å². The fraction of sp³-hybridized carbons (Fsp3) is 1.00. The average Bonchev–Trinajstić information content (AvgIpc) is 2.09. The summed E-state index contributed by atoms with van der Waals surface area (Å²) in [5.74, 6) is 0.838. The van der Waals surface area contributed by atoms with E-state index in [9.17, 15) is 0 Å². The van der Waals surface area contributed by atoms with Crippen LogP contribution in [-0.2, 0) is 9.47 Å². The molecule has 0 aromatic heterocycles. The van der Waals surface area contributed by atoms with E-state index in [0.717, 1.165) is 19.1 Å². The Morgan fingerprint density at radius 3 is 1.77 bits per heavy atom. The van der Waals surface area contributed by atoms with Crippen molar-refractivity contribution in [1.29, 1.82) is 0 Å². The standard InChI is InChI=1S/C10H24O2Si/c1-10(2)9-13(7-5-11-3)8-6-12-4/h10,13H,5-9H2,1-4H3. The van der Waals surface area contributed by atoms with Crippen LogP contribution in [0.4, 0.5) is 0 Å². The summed E-state index contributed by atoms with van der Waals surface area (Å²) in [5, 5.41) is 0. The Balaban J connectivity index is 3.60. The van der Waals surface area contributed by atoms with Gasteiger partial charge in [0.15, 0.2) is 0 Å². The zero-order chi connectivity index (χ0) is 10.1. The third-order valence-electron chi connectivity index (χ3n) is 2.27. The molecule has 80 valence electrons. The molecule has 0 bridgehead atoms. The van der Waals surface area contributed by atoms with Crippen molar-refractivity contribution in [1.82, 2.24) is 0 Å². The zero-order valence-corrected chi connectivity index (χ0v) is 10.7. The van der Waals surface area contributed by atoms with Gasteiger partial charge in [-0.05, 0) is 18.0 Å². The fourth-order valence-corrected chi connectivity index (χ4v) is 4.85. The molecule has 3 heteroatoms. The van der Waals surface area contributed by atoms with Crippen molar-refractivity contribution in [2.24, 2.45) is 5.92 Å². The second-order valence-electron chi connectivity index (χ2n) is 4.06. The molecule has 0 aromatic rings. The number of rotatable bonds is 8. The Morgan fingerprint density at radius 1 is 1.00 bits per heavy atom. The first-order valence-electron chi connectivity index (χ1n) is 5.18. The van der Waals surface area contributed by atoms with Crippen molar-refractivity contribution >= 4 is 8.80 Å². The van der Waals surface area contributed by atoms with Crippen LogP contribution in [0.2, 0.25) is 18.1 Å². The Labute approximate surface area is 84.2 Å². The van der Waals surface area contributed by atoms with Crippen LogP contribution >= 0.6 is 0 Å². The highest BCUT2D eigenvalue weighted by molar-refractivity contribution is 6.58. The maximum atomic E-state index is 5.13. The van der Waals surface area contributed by atoms with Gasteiger partial charge in [-0.25, -0.2) is 0 Å². The molecule has 0 atom stereocenters. The van der Waals surface area contributed by atoms with Crippen LogP contribution < -0.4 is 0 Å². The maximum Gasteiger partial charge on any atom is 0.0436 e. The van der Waals surface area contributed by atoms with Gasteiger partial charge in [-0.2, -0.15) is 0 Å².